The third-order valence-electron chi connectivity index (χ3n) is 5.78. The number of anilines is 2. The van der Waals surface area contributed by atoms with E-state index in [0.717, 1.165) is 30.0 Å². The van der Waals surface area contributed by atoms with Gasteiger partial charge in [0.25, 0.3) is 5.91 Å². The van der Waals surface area contributed by atoms with Crippen molar-refractivity contribution >= 4 is 27.3 Å². The van der Waals surface area contributed by atoms with E-state index in [2.05, 4.69) is 18.7 Å². The highest BCUT2D eigenvalue weighted by molar-refractivity contribution is 7.89. The summed E-state index contributed by atoms with van der Waals surface area (Å²) in [5.74, 6) is -0.0563. The highest BCUT2D eigenvalue weighted by Gasteiger charge is 2.29. The van der Waals surface area contributed by atoms with E-state index in [9.17, 15) is 13.2 Å². The predicted octanol–water partition coefficient (Wildman–Crippen LogP) is 3.77. The maximum Gasteiger partial charge on any atom is 0.258 e. The van der Waals surface area contributed by atoms with Crippen molar-refractivity contribution in [3.63, 3.8) is 0 Å². The molecule has 2 aromatic carbocycles. The Balaban J connectivity index is 1.84. The van der Waals surface area contributed by atoms with Crippen molar-refractivity contribution in [1.29, 1.82) is 0 Å². The SMILES string of the molecule is CCN(CC)c1ccc(C(=O)N2CCc3cc(S(=O)(=O)N(CC)CC)ccc32)cc1. The second-order valence-corrected chi connectivity index (χ2v) is 9.24. The maximum atomic E-state index is 13.1. The fourth-order valence-electron chi connectivity index (χ4n) is 4.02. The second kappa shape index (κ2) is 9.18. The Labute approximate surface area is 180 Å². The quantitative estimate of drug-likeness (QED) is 0.641. The molecule has 0 saturated heterocycles. The normalized spacial score (nSPS) is 13.6. The Morgan fingerprint density at radius 1 is 0.933 bits per heavy atom. The van der Waals surface area contributed by atoms with Crippen LogP contribution < -0.4 is 9.80 Å². The van der Waals surface area contributed by atoms with Crippen LogP contribution in [0.3, 0.4) is 0 Å². The molecule has 0 saturated carbocycles. The highest BCUT2D eigenvalue weighted by Crippen LogP contribution is 2.32. The van der Waals surface area contributed by atoms with Gasteiger partial charge in [-0.25, -0.2) is 8.42 Å². The molecule has 7 heteroatoms. The molecule has 2 aromatic rings. The molecule has 3 rings (SSSR count). The van der Waals surface area contributed by atoms with Gasteiger partial charge in [0.1, 0.15) is 0 Å². The third-order valence-corrected chi connectivity index (χ3v) is 7.82. The monoisotopic (exact) mass is 429 g/mol. The molecule has 0 bridgehead atoms. The number of carbonyl (C=O) groups is 1. The molecule has 1 amide bonds. The fraction of sp³-hybridized carbons (Fsp3) is 0.435. The molecule has 30 heavy (non-hydrogen) atoms. The largest absolute Gasteiger partial charge is 0.372 e. The van der Waals surface area contributed by atoms with Gasteiger partial charge in [-0.15, -0.1) is 0 Å². The second-order valence-electron chi connectivity index (χ2n) is 7.31. The van der Waals surface area contributed by atoms with Gasteiger partial charge in [0.05, 0.1) is 4.90 Å². The molecule has 0 N–H and O–H groups in total. The van der Waals surface area contributed by atoms with E-state index in [4.69, 9.17) is 0 Å². The fourth-order valence-corrected chi connectivity index (χ4v) is 5.53. The van der Waals surface area contributed by atoms with Crippen LogP contribution in [-0.2, 0) is 16.4 Å². The van der Waals surface area contributed by atoms with Gasteiger partial charge in [0, 0.05) is 49.7 Å². The minimum Gasteiger partial charge on any atom is -0.372 e. The van der Waals surface area contributed by atoms with Crippen molar-refractivity contribution in [1.82, 2.24) is 4.31 Å². The molecular weight excluding hydrogens is 398 g/mol. The van der Waals surface area contributed by atoms with E-state index in [1.165, 1.54) is 4.31 Å². The summed E-state index contributed by atoms with van der Waals surface area (Å²) in [5.41, 5.74) is 3.44. The zero-order valence-corrected chi connectivity index (χ0v) is 19.1. The predicted molar refractivity (Wildman–Crippen MR) is 122 cm³/mol. The lowest BCUT2D eigenvalue weighted by Crippen LogP contribution is -2.30. The lowest BCUT2D eigenvalue weighted by atomic mass is 10.1. The molecule has 0 unspecified atom stereocenters. The average Bonchev–Trinajstić information content (AvgIpc) is 3.18. The molecule has 1 heterocycles. The molecule has 0 atom stereocenters. The number of nitrogens with zero attached hydrogens (tertiary/aromatic N) is 3. The molecule has 162 valence electrons. The number of hydrogen-bond acceptors (Lipinski definition) is 4. The molecule has 0 fully saturated rings. The Bertz CT molecular complexity index is 995. The Hall–Kier alpha value is -2.38. The Morgan fingerprint density at radius 2 is 1.57 bits per heavy atom. The standard InChI is InChI=1S/C23H31N3O3S/c1-5-24(6-2)20-11-9-18(10-12-20)23(27)26-16-15-19-17-21(13-14-22(19)26)30(28,29)25(7-3)8-4/h9-14,17H,5-8,15-16H2,1-4H3. The van der Waals surface area contributed by atoms with Crippen LogP contribution in [0.1, 0.15) is 43.6 Å². The van der Waals surface area contributed by atoms with Gasteiger partial charge in [0.15, 0.2) is 0 Å². The molecule has 1 aliphatic heterocycles. The summed E-state index contributed by atoms with van der Waals surface area (Å²) >= 11 is 0. The first-order chi connectivity index (χ1) is 14.4. The first-order valence-electron chi connectivity index (χ1n) is 10.7. The molecule has 0 aromatic heterocycles. The zero-order chi connectivity index (χ0) is 21.9. The van der Waals surface area contributed by atoms with Crippen molar-refractivity contribution in [2.24, 2.45) is 0 Å². The molecule has 1 aliphatic rings. The van der Waals surface area contributed by atoms with E-state index in [-0.39, 0.29) is 5.91 Å². The maximum absolute atomic E-state index is 13.1. The van der Waals surface area contributed by atoms with Gasteiger partial charge in [-0.3, -0.25) is 4.79 Å². The summed E-state index contributed by atoms with van der Waals surface area (Å²) in [6, 6.07) is 12.8. The summed E-state index contributed by atoms with van der Waals surface area (Å²) in [6.45, 7) is 11.1. The Morgan fingerprint density at radius 3 is 2.13 bits per heavy atom. The third kappa shape index (κ3) is 4.09. The number of hydrogen-bond donors (Lipinski definition) is 0. The van der Waals surface area contributed by atoms with Gasteiger partial charge in [-0.2, -0.15) is 4.31 Å². The van der Waals surface area contributed by atoms with Gasteiger partial charge < -0.3 is 9.80 Å². The van der Waals surface area contributed by atoms with Crippen molar-refractivity contribution < 1.29 is 13.2 Å². The minimum absolute atomic E-state index is 0.0563. The van der Waals surface area contributed by atoms with Gasteiger partial charge in [0.2, 0.25) is 10.0 Å². The van der Waals surface area contributed by atoms with Crippen LogP contribution in [0.25, 0.3) is 0 Å². The number of benzene rings is 2. The number of amides is 1. The summed E-state index contributed by atoms with van der Waals surface area (Å²) in [5, 5.41) is 0. The van der Waals surface area contributed by atoms with Crippen molar-refractivity contribution in [3.05, 3.63) is 53.6 Å². The van der Waals surface area contributed by atoms with Crippen LogP contribution in [-0.4, -0.2) is 51.4 Å². The van der Waals surface area contributed by atoms with Crippen molar-refractivity contribution in [2.45, 2.75) is 39.0 Å². The summed E-state index contributed by atoms with van der Waals surface area (Å²) < 4.78 is 27.1. The number of rotatable bonds is 8. The molecule has 0 aliphatic carbocycles. The van der Waals surface area contributed by atoms with Crippen LogP contribution >= 0.6 is 0 Å². The van der Waals surface area contributed by atoms with Gasteiger partial charge in [-0.1, -0.05) is 13.8 Å². The van der Waals surface area contributed by atoms with Crippen LogP contribution in [0.5, 0.6) is 0 Å². The highest BCUT2D eigenvalue weighted by atomic mass is 32.2. The van der Waals surface area contributed by atoms with E-state index < -0.39 is 10.0 Å². The Kier molecular flexibility index (Phi) is 6.83. The smallest absolute Gasteiger partial charge is 0.258 e. The van der Waals surface area contributed by atoms with E-state index in [1.807, 2.05) is 38.1 Å². The van der Waals surface area contributed by atoms with Crippen LogP contribution in [0.4, 0.5) is 11.4 Å². The summed E-state index contributed by atoms with van der Waals surface area (Å²) in [7, 11) is -3.51. The average molecular weight is 430 g/mol. The lowest BCUT2D eigenvalue weighted by Gasteiger charge is -2.22. The first kappa shape index (κ1) is 22.3. The van der Waals surface area contributed by atoms with Crippen LogP contribution in [0, 0.1) is 0 Å². The zero-order valence-electron chi connectivity index (χ0n) is 18.3. The number of sulfonamides is 1. The van der Waals surface area contributed by atoms with Crippen molar-refractivity contribution in [3.8, 4) is 0 Å². The molecule has 0 radical (unpaired) electrons. The topological polar surface area (TPSA) is 60.9 Å². The van der Waals surface area contributed by atoms with E-state index in [0.29, 0.717) is 36.5 Å². The van der Waals surface area contributed by atoms with Crippen LogP contribution in [0.2, 0.25) is 0 Å². The van der Waals surface area contributed by atoms with Crippen molar-refractivity contribution in [2.75, 3.05) is 42.5 Å². The van der Waals surface area contributed by atoms with Gasteiger partial charge >= 0.3 is 0 Å². The first-order valence-corrected chi connectivity index (χ1v) is 12.1. The summed E-state index contributed by atoms with van der Waals surface area (Å²) in [4.78, 5) is 17.4. The van der Waals surface area contributed by atoms with Gasteiger partial charge in [-0.05, 0) is 68.3 Å². The lowest BCUT2D eigenvalue weighted by molar-refractivity contribution is 0.0989. The van der Waals surface area contributed by atoms with E-state index in [1.54, 1.807) is 23.1 Å². The van der Waals surface area contributed by atoms with Crippen LogP contribution in [0.15, 0.2) is 47.4 Å². The number of carbonyl (C=O) groups excluding carboxylic acids is 1. The van der Waals surface area contributed by atoms with E-state index >= 15 is 0 Å². The molecule has 0 spiro atoms. The summed E-state index contributed by atoms with van der Waals surface area (Å²) in [6.07, 6.45) is 0.653. The number of fused-ring (bicyclic) bond motifs is 1. The molecule has 6 nitrogen and oxygen atoms in total. The minimum atomic E-state index is -3.51. The molecular formula is C23H31N3O3S.